The van der Waals surface area contributed by atoms with Crippen LogP contribution in [0.1, 0.15) is 43.1 Å². The molecule has 2 unspecified atom stereocenters. The van der Waals surface area contributed by atoms with E-state index in [2.05, 4.69) is 16.2 Å². The van der Waals surface area contributed by atoms with Gasteiger partial charge in [0.05, 0.1) is 0 Å². The summed E-state index contributed by atoms with van der Waals surface area (Å²) in [5.74, 6) is -1.47. The third-order valence-corrected chi connectivity index (χ3v) is 4.52. The summed E-state index contributed by atoms with van der Waals surface area (Å²) in [6, 6.07) is 11.5. The average molecular weight is 429 g/mol. The van der Waals surface area contributed by atoms with Gasteiger partial charge in [-0.05, 0) is 62.1 Å². The van der Waals surface area contributed by atoms with Gasteiger partial charge in [-0.3, -0.25) is 25.2 Å². The van der Waals surface area contributed by atoms with Crippen molar-refractivity contribution in [3.05, 3.63) is 65.5 Å². The Labute approximate surface area is 181 Å². The zero-order valence-electron chi connectivity index (χ0n) is 18.1. The van der Waals surface area contributed by atoms with Crippen molar-refractivity contribution in [2.45, 2.75) is 46.3 Å². The summed E-state index contributed by atoms with van der Waals surface area (Å²) in [5, 5.41) is 2.73. The highest BCUT2D eigenvalue weighted by molar-refractivity contribution is 5.98. The predicted octanol–water partition coefficient (Wildman–Crippen LogP) is 2.89. The molecular formula is C23H28FN3O4. The van der Waals surface area contributed by atoms with Crippen molar-refractivity contribution in [2.24, 2.45) is 5.92 Å². The lowest BCUT2D eigenvalue weighted by molar-refractivity contribution is -0.133. The maximum Gasteiger partial charge on any atom is 0.279 e. The number of amides is 3. The van der Waals surface area contributed by atoms with Gasteiger partial charge in [0.25, 0.3) is 17.7 Å². The highest BCUT2D eigenvalue weighted by Crippen LogP contribution is 2.13. The van der Waals surface area contributed by atoms with Gasteiger partial charge < -0.3 is 10.1 Å². The Morgan fingerprint density at radius 1 is 0.935 bits per heavy atom. The fourth-order valence-corrected chi connectivity index (χ4v) is 2.85. The normalized spacial score (nSPS) is 12.6. The summed E-state index contributed by atoms with van der Waals surface area (Å²) in [6.07, 6.45) is -0.545. The zero-order chi connectivity index (χ0) is 23.0. The lowest BCUT2D eigenvalue weighted by Crippen LogP contribution is -2.54. The molecule has 2 aromatic carbocycles. The third-order valence-electron chi connectivity index (χ3n) is 4.52. The van der Waals surface area contributed by atoms with Gasteiger partial charge in [0.1, 0.15) is 17.6 Å². The van der Waals surface area contributed by atoms with E-state index in [1.807, 2.05) is 32.9 Å². The van der Waals surface area contributed by atoms with Gasteiger partial charge in [-0.25, -0.2) is 4.39 Å². The third kappa shape index (κ3) is 7.40. The topological polar surface area (TPSA) is 96.5 Å². The smallest absolute Gasteiger partial charge is 0.279 e. The molecule has 3 amide bonds. The minimum absolute atomic E-state index is 0.129. The quantitative estimate of drug-likeness (QED) is 0.562. The molecule has 0 bridgehead atoms. The molecule has 8 heteroatoms. The van der Waals surface area contributed by atoms with Crippen molar-refractivity contribution >= 4 is 17.7 Å². The minimum Gasteiger partial charge on any atom is -0.481 e. The first-order chi connectivity index (χ1) is 14.7. The van der Waals surface area contributed by atoms with Crippen LogP contribution in [0.25, 0.3) is 0 Å². The maximum absolute atomic E-state index is 13.0. The van der Waals surface area contributed by atoms with E-state index in [9.17, 15) is 18.8 Å². The number of carbonyl (C=O) groups excluding carboxylic acids is 3. The van der Waals surface area contributed by atoms with Crippen molar-refractivity contribution in [2.75, 3.05) is 0 Å². The van der Waals surface area contributed by atoms with Crippen LogP contribution in [0, 0.1) is 18.7 Å². The molecule has 0 saturated heterocycles. The highest BCUT2D eigenvalue weighted by atomic mass is 19.1. The monoisotopic (exact) mass is 429 g/mol. The van der Waals surface area contributed by atoms with Crippen LogP contribution in [0.15, 0.2) is 48.5 Å². The van der Waals surface area contributed by atoms with Gasteiger partial charge in [0.2, 0.25) is 0 Å². The van der Waals surface area contributed by atoms with E-state index in [-0.39, 0.29) is 11.8 Å². The first kappa shape index (κ1) is 23.9. The Balaban J connectivity index is 1.95. The number of carbonyl (C=O) groups is 3. The molecule has 3 N–H and O–H groups in total. The minimum atomic E-state index is -0.934. The fourth-order valence-electron chi connectivity index (χ4n) is 2.85. The van der Waals surface area contributed by atoms with Crippen LogP contribution in [0.3, 0.4) is 0 Å². The lowest BCUT2D eigenvalue weighted by atomic mass is 10.0. The van der Waals surface area contributed by atoms with Gasteiger partial charge in [0.15, 0.2) is 6.10 Å². The highest BCUT2D eigenvalue weighted by Gasteiger charge is 2.24. The molecule has 0 saturated carbocycles. The molecule has 0 aromatic heterocycles. The van der Waals surface area contributed by atoms with E-state index in [0.29, 0.717) is 17.7 Å². The molecule has 0 aliphatic rings. The van der Waals surface area contributed by atoms with Crippen LogP contribution in [0.2, 0.25) is 0 Å². The molecule has 2 atom stereocenters. The molecule has 0 aliphatic heterocycles. The molecule has 2 aromatic rings. The van der Waals surface area contributed by atoms with E-state index < -0.39 is 29.8 Å². The van der Waals surface area contributed by atoms with Gasteiger partial charge in [-0.1, -0.05) is 32.0 Å². The van der Waals surface area contributed by atoms with Crippen molar-refractivity contribution in [1.82, 2.24) is 16.2 Å². The van der Waals surface area contributed by atoms with Crippen LogP contribution >= 0.6 is 0 Å². The Kier molecular flexibility index (Phi) is 8.54. The number of halogens is 1. The summed E-state index contributed by atoms with van der Waals surface area (Å²) in [5.41, 5.74) is 5.92. The van der Waals surface area contributed by atoms with Gasteiger partial charge >= 0.3 is 0 Å². The maximum atomic E-state index is 13.0. The van der Waals surface area contributed by atoms with Crippen molar-refractivity contribution in [3.8, 4) is 5.75 Å². The van der Waals surface area contributed by atoms with Gasteiger partial charge in [0, 0.05) is 5.56 Å². The number of nitrogens with one attached hydrogen (secondary N) is 3. The standard InChI is InChI=1S/C23H28FN3O4/c1-14(2)13-20(25-22(29)19-8-6-5-7-15(19)3)23(30)27-26-21(28)16(4)31-18-11-9-17(24)10-12-18/h5-12,14,16,20H,13H2,1-4H3,(H,25,29)(H,26,28)(H,27,30). The Bertz CT molecular complexity index is 915. The average Bonchev–Trinajstić information content (AvgIpc) is 2.72. The number of ether oxygens (including phenoxy) is 1. The van der Waals surface area contributed by atoms with Crippen LogP contribution in [-0.4, -0.2) is 29.9 Å². The molecule has 7 nitrogen and oxygen atoms in total. The van der Waals surface area contributed by atoms with Gasteiger partial charge in [-0.2, -0.15) is 0 Å². The van der Waals surface area contributed by atoms with Crippen LogP contribution < -0.4 is 20.9 Å². The summed E-state index contributed by atoms with van der Waals surface area (Å²) >= 11 is 0. The summed E-state index contributed by atoms with van der Waals surface area (Å²) < 4.78 is 18.4. The molecule has 166 valence electrons. The predicted molar refractivity (Wildman–Crippen MR) is 115 cm³/mol. The molecule has 2 rings (SSSR count). The second-order valence-electron chi connectivity index (χ2n) is 7.66. The Morgan fingerprint density at radius 2 is 1.55 bits per heavy atom. The van der Waals surface area contributed by atoms with E-state index in [0.717, 1.165) is 5.56 Å². The SMILES string of the molecule is Cc1ccccc1C(=O)NC(CC(C)C)C(=O)NNC(=O)C(C)Oc1ccc(F)cc1. The summed E-state index contributed by atoms with van der Waals surface area (Å²) in [7, 11) is 0. The summed E-state index contributed by atoms with van der Waals surface area (Å²) in [4.78, 5) is 37.5. The lowest BCUT2D eigenvalue weighted by Gasteiger charge is -2.21. The van der Waals surface area contributed by atoms with E-state index in [1.165, 1.54) is 31.2 Å². The largest absolute Gasteiger partial charge is 0.481 e. The number of benzene rings is 2. The van der Waals surface area contributed by atoms with Crippen LogP contribution in [0.5, 0.6) is 5.75 Å². The number of hydrogen-bond donors (Lipinski definition) is 3. The Hall–Kier alpha value is -3.42. The Morgan fingerprint density at radius 3 is 2.16 bits per heavy atom. The van der Waals surface area contributed by atoms with Crippen LogP contribution in [0.4, 0.5) is 4.39 Å². The van der Waals surface area contributed by atoms with Gasteiger partial charge in [-0.15, -0.1) is 0 Å². The molecule has 31 heavy (non-hydrogen) atoms. The number of hydrogen-bond acceptors (Lipinski definition) is 4. The molecule has 0 spiro atoms. The van der Waals surface area contributed by atoms with Crippen molar-refractivity contribution < 1.29 is 23.5 Å². The van der Waals surface area contributed by atoms with Crippen LogP contribution in [-0.2, 0) is 9.59 Å². The first-order valence-corrected chi connectivity index (χ1v) is 10.1. The molecule has 0 fully saturated rings. The van der Waals surface area contributed by atoms with E-state index in [4.69, 9.17) is 4.74 Å². The molecule has 0 radical (unpaired) electrons. The first-order valence-electron chi connectivity index (χ1n) is 10.1. The van der Waals surface area contributed by atoms with E-state index in [1.54, 1.807) is 12.1 Å². The second kappa shape index (κ2) is 11.1. The molecular weight excluding hydrogens is 401 g/mol. The fraction of sp³-hybridized carbons (Fsp3) is 0.348. The number of hydrazine groups is 1. The summed E-state index contributed by atoms with van der Waals surface area (Å²) in [6.45, 7) is 7.17. The number of aryl methyl sites for hydroxylation is 1. The van der Waals surface area contributed by atoms with E-state index >= 15 is 0 Å². The van der Waals surface area contributed by atoms with Crippen molar-refractivity contribution in [3.63, 3.8) is 0 Å². The second-order valence-corrected chi connectivity index (χ2v) is 7.66. The van der Waals surface area contributed by atoms with Crippen molar-refractivity contribution in [1.29, 1.82) is 0 Å². The molecule has 0 aliphatic carbocycles. The zero-order valence-corrected chi connectivity index (χ0v) is 18.1. The number of rotatable bonds is 8. The molecule has 0 heterocycles.